The Hall–Kier alpha value is -0.650. The molecule has 1 atom stereocenters. The minimum atomic E-state index is -0.868. The van der Waals surface area contributed by atoms with Crippen LogP contribution in [0.2, 0.25) is 0 Å². The van der Waals surface area contributed by atoms with E-state index in [0.29, 0.717) is 25.4 Å². The van der Waals surface area contributed by atoms with E-state index in [2.05, 4.69) is 10.2 Å². The fourth-order valence-corrected chi connectivity index (χ4v) is 2.62. The number of morpholine rings is 1. The molecule has 2 fully saturated rings. The standard InChI is InChI=1S/C14H26N2O3/c1-14(18,11-16-5-7-19-8-6-16)10-15-13(17)9-12-3-2-4-12/h12,18H,2-11H2,1H3,(H,15,17). The van der Waals surface area contributed by atoms with Crippen molar-refractivity contribution in [3.05, 3.63) is 0 Å². The molecule has 1 amide bonds. The van der Waals surface area contributed by atoms with Gasteiger partial charge in [0.15, 0.2) is 0 Å². The molecule has 2 aliphatic rings. The van der Waals surface area contributed by atoms with Crippen molar-refractivity contribution in [1.29, 1.82) is 0 Å². The zero-order valence-electron chi connectivity index (χ0n) is 11.9. The monoisotopic (exact) mass is 270 g/mol. The number of hydrogen-bond donors (Lipinski definition) is 2. The van der Waals surface area contributed by atoms with E-state index in [1.54, 1.807) is 6.92 Å². The molecular formula is C14H26N2O3. The van der Waals surface area contributed by atoms with Crippen LogP contribution in [0.3, 0.4) is 0 Å². The summed E-state index contributed by atoms with van der Waals surface area (Å²) in [7, 11) is 0. The Morgan fingerprint density at radius 1 is 1.42 bits per heavy atom. The van der Waals surface area contributed by atoms with Crippen LogP contribution >= 0.6 is 0 Å². The molecule has 1 heterocycles. The molecule has 2 N–H and O–H groups in total. The second kappa shape index (κ2) is 6.68. The molecule has 5 heteroatoms. The SMILES string of the molecule is CC(O)(CNC(=O)CC1CCC1)CN1CCOCC1. The topological polar surface area (TPSA) is 61.8 Å². The molecule has 1 saturated heterocycles. The fraction of sp³-hybridized carbons (Fsp3) is 0.929. The van der Waals surface area contributed by atoms with Crippen molar-refractivity contribution >= 4 is 5.91 Å². The Morgan fingerprint density at radius 3 is 2.68 bits per heavy atom. The highest BCUT2D eigenvalue weighted by molar-refractivity contribution is 5.76. The number of rotatable bonds is 6. The number of β-amino-alcohol motifs (C(OH)–C–C–N with tert-alkyl or cyclic N) is 1. The molecule has 0 aromatic rings. The third-order valence-electron chi connectivity index (χ3n) is 4.03. The van der Waals surface area contributed by atoms with Gasteiger partial charge in [-0.15, -0.1) is 0 Å². The highest BCUT2D eigenvalue weighted by atomic mass is 16.5. The van der Waals surface area contributed by atoms with Crippen LogP contribution in [0.1, 0.15) is 32.6 Å². The van der Waals surface area contributed by atoms with Gasteiger partial charge in [0.05, 0.1) is 18.8 Å². The van der Waals surface area contributed by atoms with E-state index in [0.717, 1.165) is 26.3 Å². The van der Waals surface area contributed by atoms with E-state index in [4.69, 9.17) is 4.74 Å². The molecule has 0 bridgehead atoms. The lowest BCUT2D eigenvalue weighted by molar-refractivity contribution is -0.124. The van der Waals surface area contributed by atoms with Crippen LogP contribution < -0.4 is 5.32 Å². The van der Waals surface area contributed by atoms with Crippen LogP contribution in [0, 0.1) is 5.92 Å². The van der Waals surface area contributed by atoms with Gasteiger partial charge in [0.1, 0.15) is 0 Å². The molecule has 1 saturated carbocycles. The summed E-state index contributed by atoms with van der Waals surface area (Å²) >= 11 is 0. The summed E-state index contributed by atoms with van der Waals surface area (Å²) in [6, 6.07) is 0. The number of carbonyl (C=O) groups is 1. The molecule has 1 aliphatic carbocycles. The first-order chi connectivity index (χ1) is 9.05. The van der Waals surface area contributed by atoms with Crippen LogP contribution in [-0.4, -0.2) is 60.9 Å². The van der Waals surface area contributed by atoms with E-state index in [1.807, 2.05) is 0 Å². The van der Waals surface area contributed by atoms with Gasteiger partial charge in [-0.3, -0.25) is 9.69 Å². The highest BCUT2D eigenvalue weighted by Crippen LogP contribution is 2.29. The van der Waals surface area contributed by atoms with Crippen molar-refractivity contribution < 1.29 is 14.6 Å². The number of amides is 1. The molecule has 0 radical (unpaired) electrons. The Bertz CT molecular complexity index is 297. The maximum Gasteiger partial charge on any atom is 0.220 e. The summed E-state index contributed by atoms with van der Waals surface area (Å²) in [6.07, 6.45) is 4.23. The maximum atomic E-state index is 11.7. The Morgan fingerprint density at radius 2 is 2.11 bits per heavy atom. The number of nitrogens with zero attached hydrogens (tertiary/aromatic N) is 1. The van der Waals surface area contributed by atoms with E-state index in [1.165, 1.54) is 19.3 Å². The van der Waals surface area contributed by atoms with Gasteiger partial charge >= 0.3 is 0 Å². The predicted molar refractivity (Wildman–Crippen MR) is 72.9 cm³/mol. The van der Waals surface area contributed by atoms with E-state index < -0.39 is 5.60 Å². The number of aliphatic hydroxyl groups is 1. The van der Waals surface area contributed by atoms with Crippen molar-refractivity contribution in [2.75, 3.05) is 39.4 Å². The maximum absolute atomic E-state index is 11.7. The second-order valence-electron chi connectivity index (χ2n) is 6.16. The lowest BCUT2D eigenvalue weighted by Crippen LogP contribution is -2.51. The third kappa shape index (κ3) is 5.09. The lowest BCUT2D eigenvalue weighted by Gasteiger charge is -2.34. The van der Waals surface area contributed by atoms with Gasteiger partial charge in [-0.1, -0.05) is 6.42 Å². The number of nitrogens with one attached hydrogen (secondary N) is 1. The third-order valence-corrected chi connectivity index (χ3v) is 4.03. The van der Waals surface area contributed by atoms with Crippen LogP contribution in [0.4, 0.5) is 0 Å². The molecule has 0 aromatic heterocycles. The van der Waals surface area contributed by atoms with E-state index >= 15 is 0 Å². The molecule has 19 heavy (non-hydrogen) atoms. The van der Waals surface area contributed by atoms with Gasteiger partial charge in [-0.2, -0.15) is 0 Å². The summed E-state index contributed by atoms with van der Waals surface area (Å²) in [5.74, 6) is 0.649. The van der Waals surface area contributed by atoms with Crippen molar-refractivity contribution in [2.45, 2.75) is 38.2 Å². The minimum Gasteiger partial charge on any atom is -0.387 e. The van der Waals surface area contributed by atoms with Gasteiger partial charge in [0.25, 0.3) is 0 Å². The van der Waals surface area contributed by atoms with Crippen molar-refractivity contribution in [2.24, 2.45) is 5.92 Å². The first kappa shape index (κ1) is 14.8. The molecular weight excluding hydrogens is 244 g/mol. The Labute approximate surface area is 115 Å². The quantitative estimate of drug-likeness (QED) is 0.732. The molecule has 1 aliphatic heterocycles. The first-order valence-electron chi connectivity index (χ1n) is 7.34. The summed E-state index contributed by atoms with van der Waals surface area (Å²) < 4.78 is 5.28. The normalized spacial score (nSPS) is 24.5. The average molecular weight is 270 g/mol. The smallest absolute Gasteiger partial charge is 0.220 e. The van der Waals surface area contributed by atoms with Crippen molar-refractivity contribution in [1.82, 2.24) is 10.2 Å². The zero-order valence-corrected chi connectivity index (χ0v) is 11.9. The minimum absolute atomic E-state index is 0.0759. The van der Waals surface area contributed by atoms with Gasteiger partial charge in [0, 0.05) is 32.6 Å². The van der Waals surface area contributed by atoms with Crippen molar-refractivity contribution in [3.63, 3.8) is 0 Å². The molecule has 110 valence electrons. The molecule has 0 spiro atoms. The van der Waals surface area contributed by atoms with Crippen LogP contribution in [0.15, 0.2) is 0 Å². The summed E-state index contributed by atoms with van der Waals surface area (Å²) in [5.41, 5.74) is -0.868. The number of hydrogen-bond acceptors (Lipinski definition) is 4. The molecule has 2 rings (SSSR count). The number of ether oxygens (including phenoxy) is 1. The summed E-state index contributed by atoms with van der Waals surface area (Å²) in [6.45, 7) is 5.86. The fourth-order valence-electron chi connectivity index (χ4n) is 2.62. The molecule has 5 nitrogen and oxygen atoms in total. The predicted octanol–water partition coefficient (Wildman–Crippen LogP) is 0.376. The second-order valence-corrected chi connectivity index (χ2v) is 6.16. The zero-order chi connectivity index (χ0) is 13.7. The van der Waals surface area contributed by atoms with Gasteiger partial charge in [-0.05, 0) is 25.7 Å². The molecule has 0 aromatic carbocycles. The lowest BCUT2D eigenvalue weighted by atomic mass is 9.83. The van der Waals surface area contributed by atoms with Gasteiger partial charge < -0.3 is 15.2 Å². The van der Waals surface area contributed by atoms with E-state index in [9.17, 15) is 9.90 Å². The van der Waals surface area contributed by atoms with Gasteiger partial charge in [0.2, 0.25) is 5.91 Å². The van der Waals surface area contributed by atoms with Gasteiger partial charge in [-0.25, -0.2) is 0 Å². The Kier molecular flexibility index (Phi) is 5.19. The summed E-state index contributed by atoms with van der Waals surface area (Å²) in [4.78, 5) is 13.9. The number of carbonyl (C=O) groups excluding carboxylic acids is 1. The summed E-state index contributed by atoms with van der Waals surface area (Å²) in [5, 5.41) is 13.2. The van der Waals surface area contributed by atoms with Crippen LogP contribution in [-0.2, 0) is 9.53 Å². The van der Waals surface area contributed by atoms with Crippen molar-refractivity contribution in [3.8, 4) is 0 Å². The van der Waals surface area contributed by atoms with Crippen LogP contribution in [0.25, 0.3) is 0 Å². The largest absolute Gasteiger partial charge is 0.387 e. The average Bonchev–Trinajstić information content (AvgIpc) is 2.32. The highest BCUT2D eigenvalue weighted by Gasteiger charge is 2.27. The first-order valence-corrected chi connectivity index (χ1v) is 7.34. The van der Waals surface area contributed by atoms with E-state index in [-0.39, 0.29) is 5.91 Å². The molecule has 1 unspecified atom stereocenters. The van der Waals surface area contributed by atoms with Crippen LogP contribution in [0.5, 0.6) is 0 Å². The Balaban J connectivity index is 1.65.